The lowest BCUT2D eigenvalue weighted by Gasteiger charge is -2.31. The quantitative estimate of drug-likeness (QED) is 0.513. The van der Waals surface area contributed by atoms with E-state index in [0.717, 1.165) is 12.1 Å². The minimum atomic E-state index is -4.20. The Bertz CT molecular complexity index is 1310. The molecule has 1 atom stereocenters. The number of imidazole rings is 1. The van der Waals surface area contributed by atoms with E-state index in [1.54, 1.807) is 22.7 Å². The van der Waals surface area contributed by atoms with Crippen LogP contribution in [0.4, 0.5) is 9.18 Å². The Balaban J connectivity index is 1.85. The molecule has 0 bridgehead atoms. The SMILES string of the molecule is O=C(O)N1CCO[C@@H](Cc2c(-c3c(F)cc(S(=O)(=O)Cl)cc3Cl)nc3cc(Cl)ccn23)C1. The molecule has 0 spiro atoms. The second-order valence-electron chi connectivity index (χ2n) is 7.11. The van der Waals surface area contributed by atoms with Gasteiger partial charge in [0.15, 0.2) is 0 Å². The summed E-state index contributed by atoms with van der Waals surface area (Å²) in [4.78, 5) is 16.6. The van der Waals surface area contributed by atoms with E-state index >= 15 is 4.39 Å². The second kappa shape index (κ2) is 8.68. The molecular weight excluding hydrogens is 508 g/mol. The third-order valence-electron chi connectivity index (χ3n) is 5.05. The van der Waals surface area contributed by atoms with Crippen molar-refractivity contribution in [2.45, 2.75) is 17.4 Å². The molecule has 1 amide bonds. The fourth-order valence-electron chi connectivity index (χ4n) is 3.61. The topological polar surface area (TPSA) is 101 Å². The van der Waals surface area contributed by atoms with Crippen molar-refractivity contribution < 1.29 is 27.4 Å². The summed E-state index contributed by atoms with van der Waals surface area (Å²) in [6.07, 6.45) is 0.256. The van der Waals surface area contributed by atoms with Gasteiger partial charge in [-0.3, -0.25) is 0 Å². The van der Waals surface area contributed by atoms with Gasteiger partial charge >= 0.3 is 6.09 Å². The minimum absolute atomic E-state index is 0.114. The summed E-state index contributed by atoms with van der Waals surface area (Å²) in [6.45, 7) is 0.581. The van der Waals surface area contributed by atoms with Crippen LogP contribution in [0.2, 0.25) is 10.0 Å². The van der Waals surface area contributed by atoms with Gasteiger partial charge in [-0.1, -0.05) is 23.2 Å². The number of carbonyl (C=O) groups is 1. The van der Waals surface area contributed by atoms with Gasteiger partial charge in [0.05, 0.1) is 46.1 Å². The molecule has 170 valence electrons. The molecule has 3 aromatic rings. The zero-order chi connectivity index (χ0) is 23.2. The van der Waals surface area contributed by atoms with Crippen LogP contribution in [0.5, 0.6) is 0 Å². The van der Waals surface area contributed by atoms with Crippen LogP contribution in [-0.4, -0.2) is 59.7 Å². The summed E-state index contributed by atoms with van der Waals surface area (Å²) < 4.78 is 45.7. The van der Waals surface area contributed by atoms with E-state index in [0.29, 0.717) is 16.4 Å². The molecule has 3 heterocycles. The highest BCUT2D eigenvalue weighted by Crippen LogP contribution is 2.36. The van der Waals surface area contributed by atoms with E-state index in [1.807, 2.05) is 0 Å². The van der Waals surface area contributed by atoms with Gasteiger partial charge in [0.25, 0.3) is 9.05 Å². The lowest BCUT2D eigenvalue weighted by atomic mass is 10.0. The summed E-state index contributed by atoms with van der Waals surface area (Å²) in [7, 11) is 1.12. The number of benzene rings is 1. The molecule has 1 saturated heterocycles. The zero-order valence-corrected chi connectivity index (χ0v) is 19.2. The largest absolute Gasteiger partial charge is 0.465 e. The van der Waals surface area contributed by atoms with Crippen LogP contribution in [0.3, 0.4) is 0 Å². The first-order valence-electron chi connectivity index (χ1n) is 9.24. The van der Waals surface area contributed by atoms with E-state index in [-0.39, 0.29) is 42.4 Å². The van der Waals surface area contributed by atoms with Gasteiger partial charge in [-0.05, 0) is 18.2 Å². The molecule has 8 nitrogen and oxygen atoms in total. The predicted molar refractivity (Wildman–Crippen MR) is 117 cm³/mol. The molecule has 0 saturated carbocycles. The standard InChI is InChI=1S/C19H15Cl3FN3O5S/c20-10-1-2-26-15(6-11-9-25(19(27)28)3-4-31-11)18(24-16(26)5-10)17-13(21)7-12(8-14(17)23)32(22,29)30/h1-2,5,7-8,11H,3-4,6,9H2,(H,27,28)/t11-/m0/s1. The first-order valence-corrected chi connectivity index (χ1v) is 12.3. The van der Waals surface area contributed by atoms with Gasteiger partial charge in [-0.15, -0.1) is 0 Å². The van der Waals surface area contributed by atoms with Crippen molar-refractivity contribution in [3.8, 4) is 11.3 Å². The van der Waals surface area contributed by atoms with E-state index < -0.39 is 32.0 Å². The Kier molecular flexibility index (Phi) is 6.25. The van der Waals surface area contributed by atoms with Crippen molar-refractivity contribution in [3.05, 3.63) is 52.0 Å². The normalized spacial score (nSPS) is 17.1. The lowest BCUT2D eigenvalue weighted by molar-refractivity contribution is -0.0214. The maximum absolute atomic E-state index is 15.1. The van der Waals surface area contributed by atoms with Crippen molar-refractivity contribution in [3.63, 3.8) is 0 Å². The fourth-order valence-corrected chi connectivity index (χ4v) is 4.90. The third-order valence-corrected chi connectivity index (χ3v) is 6.92. The molecule has 4 rings (SSSR count). The summed E-state index contributed by atoms with van der Waals surface area (Å²) in [6, 6.07) is 5.01. The molecule has 1 aliphatic rings. The van der Waals surface area contributed by atoms with E-state index in [2.05, 4.69) is 4.98 Å². The Labute approximate surface area is 196 Å². The zero-order valence-electron chi connectivity index (χ0n) is 16.1. The summed E-state index contributed by atoms with van der Waals surface area (Å²) in [5.74, 6) is -0.927. The van der Waals surface area contributed by atoms with Crippen molar-refractivity contribution in [2.75, 3.05) is 19.7 Å². The molecule has 1 N–H and O–H groups in total. The molecular formula is C19H15Cl3FN3O5S. The second-order valence-corrected chi connectivity index (χ2v) is 10.5. The Morgan fingerprint density at radius 3 is 2.72 bits per heavy atom. The van der Waals surface area contributed by atoms with Gasteiger partial charge in [0.2, 0.25) is 0 Å². The summed E-state index contributed by atoms with van der Waals surface area (Å²) in [5, 5.41) is 9.50. The average molecular weight is 523 g/mol. The Hall–Kier alpha value is -2.11. The maximum atomic E-state index is 15.1. The molecule has 0 aliphatic carbocycles. The van der Waals surface area contributed by atoms with Gasteiger partial charge in [-0.2, -0.15) is 0 Å². The number of nitrogens with zero attached hydrogens (tertiary/aromatic N) is 3. The number of aromatic nitrogens is 2. The van der Waals surface area contributed by atoms with Crippen LogP contribution < -0.4 is 0 Å². The smallest absolute Gasteiger partial charge is 0.407 e. The van der Waals surface area contributed by atoms with Crippen molar-refractivity contribution in [1.82, 2.24) is 14.3 Å². The number of amides is 1. The molecule has 13 heteroatoms. The van der Waals surface area contributed by atoms with E-state index in [9.17, 15) is 18.3 Å². The number of morpholine rings is 1. The number of carboxylic acid groups (broad SMARTS) is 1. The van der Waals surface area contributed by atoms with Crippen LogP contribution in [0.25, 0.3) is 16.9 Å². The first kappa shape index (κ1) is 23.1. The monoisotopic (exact) mass is 521 g/mol. The predicted octanol–water partition coefficient (Wildman–Crippen LogP) is 4.30. The lowest BCUT2D eigenvalue weighted by Crippen LogP contribution is -2.45. The number of hydrogen-bond donors (Lipinski definition) is 1. The van der Waals surface area contributed by atoms with Crippen LogP contribution in [0.15, 0.2) is 35.4 Å². The molecule has 2 aromatic heterocycles. The molecule has 1 fully saturated rings. The number of fused-ring (bicyclic) bond motifs is 1. The fraction of sp³-hybridized carbons (Fsp3) is 0.263. The highest BCUT2D eigenvalue weighted by molar-refractivity contribution is 8.13. The number of ether oxygens (including phenoxy) is 1. The van der Waals surface area contributed by atoms with Gasteiger partial charge < -0.3 is 19.1 Å². The molecule has 0 unspecified atom stereocenters. The Morgan fingerprint density at radius 2 is 2.06 bits per heavy atom. The van der Waals surface area contributed by atoms with Crippen LogP contribution in [-0.2, 0) is 20.2 Å². The van der Waals surface area contributed by atoms with E-state index in [1.165, 1.54) is 4.90 Å². The number of hydrogen-bond acceptors (Lipinski definition) is 5. The van der Waals surface area contributed by atoms with Crippen molar-refractivity contribution in [1.29, 1.82) is 0 Å². The average Bonchev–Trinajstić information content (AvgIpc) is 3.04. The summed E-state index contributed by atoms with van der Waals surface area (Å²) in [5.41, 5.74) is 0.940. The number of halogens is 4. The van der Waals surface area contributed by atoms with Crippen LogP contribution >= 0.6 is 33.9 Å². The van der Waals surface area contributed by atoms with Gasteiger partial charge in [0, 0.05) is 40.9 Å². The van der Waals surface area contributed by atoms with Gasteiger partial charge in [-0.25, -0.2) is 22.6 Å². The summed E-state index contributed by atoms with van der Waals surface area (Å²) >= 11 is 12.3. The van der Waals surface area contributed by atoms with Crippen LogP contribution in [0, 0.1) is 5.82 Å². The highest BCUT2D eigenvalue weighted by atomic mass is 35.7. The Morgan fingerprint density at radius 1 is 1.31 bits per heavy atom. The van der Waals surface area contributed by atoms with Crippen molar-refractivity contribution >= 4 is 54.7 Å². The molecule has 32 heavy (non-hydrogen) atoms. The highest BCUT2D eigenvalue weighted by Gasteiger charge is 2.29. The van der Waals surface area contributed by atoms with E-state index in [4.69, 9.17) is 38.6 Å². The van der Waals surface area contributed by atoms with Crippen LogP contribution in [0.1, 0.15) is 5.69 Å². The molecule has 1 aliphatic heterocycles. The van der Waals surface area contributed by atoms with Gasteiger partial charge in [0.1, 0.15) is 11.5 Å². The van der Waals surface area contributed by atoms with Crippen molar-refractivity contribution in [2.24, 2.45) is 0 Å². The molecule has 1 aromatic carbocycles. The number of rotatable bonds is 4. The maximum Gasteiger partial charge on any atom is 0.407 e. The first-order chi connectivity index (χ1) is 15.0. The minimum Gasteiger partial charge on any atom is -0.465 e. The molecule has 0 radical (unpaired) electrons. The number of pyridine rings is 1. The third kappa shape index (κ3) is 4.51.